The van der Waals surface area contributed by atoms with Crippen molar-refractivity contribution in [3.63, 3.8) is 0 Å². The molecule has 1 aliphatic rings. The summed E-state index contributed by atoms with van der Waals surface area (Å²) in [6.07, 6.45) is 3.30. The number of hydrogen-bond acceptors (Lipinski definition) is 4. The lowest BCUT2D eigenvalue weighted by atomic mass is 10.1. The fourth-order valence-electron chi connectivity index (χ4n) is 2.86. The fraction of sp³-hybridized carbons (Fsp3) is 0.333. The summed E-state index contributed by atoms with van der Waals surface area (Å²) in [7, 11) is -1.89. The van der Waals surface area contributed by atoms with Crippen molar-refractivity contribution in [2.75, 3.05) is 20.1 Å². The van der Waals surface area contributed by atoms with Gasteiger partial charge < -0.3 is 4.90 Å². The molecule has 1 fully saturated rings. The highest BCUT2D eigenvalue weighted by molar-refractivity contribution is 7.89. The molecule has 1 saturated heterocycles. The molecule has 0 saturated carbocycles. The molecule has 1 aromatic heterocycles. The van der Waals surface area contributed by atoms with E-state index in [0.29, 0.717) is 5.56 Å². The van der Waals surface area contributed by atoms with Gasteiger partial charge in [-0.15, -0.1) is 0 Å². The van der Waals surface area contributed by atoms with E-state index in [9.17, 15) is 13.2 Å². The first-order valence-corrected chi connectivity index (χ1v) is 9.62. The number of sulfonamides is 1. The first-order valence-electron chi connectivity index (χ1n) is 8.12. The Morgan fingerprint density at radius 1 is 1.16 bits per heavy atom. The Morgan fingerprint density at radius 3 is 2.36 bits per heavy atom. The molecule has 0 spiro atoms. The summed E-state index contributed by atoms with van der Waals surface area (Å²) in [5.41, 5.74) is 1.47. The van der Waals surface area contributed by atoms with Gasteiger partial charge in [0.05, 0.1) is 0 Å². The van der Waals surface area contributed by atoms with Crippen LogP contribution in [0, 0.1) is 0 Å². The summed E-state index contributed by atoms with van der Waals surface area (Å²) in [5, 5.41) is -0.561. The predicted molar refractivity (Wildman–Crippen MR) is 95.5 cm³/mol. The van der Waals surface area contributed by atoms with Gasteiger partial charge in [-0.25, -0.2) is 8.42 Å². The van der Waals surface area contributed by atoms with E-state index in [4.69, 9.17) is 0 Å². The number of nitrogens with zero attached hydrogens (tertiary/aromatic N) is 3. The first kappa shape index (κ1) is 17.6. The van der Waals surface area contributed by atoms with Gasteiger partial charge in [0.15, 0.2) is 0 Å². The highest BCUT2D eigenvalue weighted by Crippen LogP contribution is 2.27. The molecule has 1 amide bonds. The minimum absolute atomic E-state index is 0.128. The van der Waals surface area contributed by atoms with E-state index in [1.54, 1.807) is 48.6 Å². The molecule has 132 valence electrons. The predicted octanol–water partition coefficient (Wildman–Crippen LogP) is 1.93. The van der Waals surface area contributed by atoms with E-state index in [2.05, 4.69) is 4.98 Å². The van der Waals surface area contributed by atoms with Crippen molar-refractivity contribution < 1.29 is 13.2 Å². The molecule has 1 aliphatic heterocycles. The molecule has 25 heavy (non-hydrogen) atoms. The normalized spacial score (nSPS) is 16.5. The lowest BCUT2D eigenvalue weighted by molar-refractivity contribution is 0.0655. The number of rotatable bonds is 5. The smallest absolute Gasteiger partial charge is 0.253 e. The quantitative estimate of drug-likeness (QED) is 0.818. The Kier molecular flexibility index (Phi) is 4.87. The molecule has 2 aromatic rings. The Labute approximate surface area is 148 Å². The van der Waals surface area contributed by atoms with Crippen molar-refractivity contribution in [3.8, 4) is 0 Å². The van der Waals surface area contributed by atoms with Gasteiger partial charge >= 0.3 is 0 Å². The Balaban J connectivity index is 1.66. The van der Waals surface area contributed by atoms with Crippen LogP contribution >= 0.6 is 0 Å². The number of aromatic nitrogens is 1. The van der Waals surface area contributed by atoms with Crippen LogP contribution < -0.4 is 0 Å². The van der Waals surface area contributed by atoms with Crippen LogP contribution in [0.5, 0.6) is 0 Å². The average molecular weight is 359 g/mol. The van der Waals surface area contributed by atoms with Crippen LogP contribution in [0.25, 0.3) is 0 Å². The Bertz CT molecular complexity index is 834. The minimum atomic E-state index is -3.48. The van der Waals surface area contributed by atoms with Gasteiger partial charge in [0.2, 0.25) is 10.0 Å². The second-order valence-electron chi connectivity index (χ2n) is 6.22. The van der Waals surface area contributed by atoms with Crippen LogP contribution in [0.2, 0.25) is 0 Å². The number of carbonyl (C=O) groups excluding carboxylic acids is 1. The SMILES string of the molecule is CC(c1ccncc1)N(C)S(=O)(=O)C1CN(C(=O)c2ccccc2)C1. The zero-order valence-electron chi connectivity index (χ0n) is 14.2. The van der Waals surface area contributed by atoms with Crippen LogP contribution in [0.1, 0.15) is 28.9 Å². The summed E-state index contributed by atoms with van der Waals surface area (Å²) in [4.78, 5) is 17.9. The zero-order valence-corrected chi connectivity index (χ0v) is 15.1. The maximum atomic E-state index is 12.8. The summed E-state index contributed by atoms with van der Waals surface area (Å²) >= 11 is 0. The van der Waals surface area contributed by atoms with Gasteiger partial charge in [-0.2, -0.15) is 4.31 Å². The van der Waals surface area contributed by atoms with Crippen molar-refractivity contribution in [1.29, 1.82) is 0 Å². The van der Waals surface area contributed by atoms with Crippen LogP contribution in [0.4, 0.5) is 0 Å². The molecule has 6 nitrogen and oxygen atoms in total. The van der Waals surface area contributed by atoms with E-state index in [1.807, 2.05) is 25.1 Å². The highest BCUT2D eigenvalue weighted by Gasteiger charge is 2.43. The first-order chi connectivity index (χ1) is 11.9. The van der Waals surface area contributed by atoms with Gasteiger partial charge in [0, 0.05) is 44.1 Å². The van der Waals surface area contributed by atoms with Gasteiger partial charge in [-0.1, -0.05) is 18.2 Å². The zero-order chi connectivity index (χ0) is 18.0. The van der Waals surface area contributed by atoms with E-state index >= 15 is 0 Å². The van der Waals surface area contributed by atoms with Crippen molar-refractivity contribution in [3.05, 3.63) is 66.0 Å². The third kappa shape index (κ3) is 3.43. The second-order valence-corrected chi connectivity index (χ2v) is 8.49. The largest absolute Gasteiger partial charge is 0.336 e. The van der Waals surface area contributed by atoms with Crippen LogP contribution in [-0.4, -0.2) is 53.9 Å². The van der Waals surface area contributed by atoms with Crippen LogP contribution in [0.3, 0.4) is 0 Å². The molecule has 1 atom stereocenters. The van der Waals surface area contributed by atoms with Crippen LogP contribution in [-0.2, 0) is 10.0 Å². The molecular weight excluding hydrogens is 338 g/mol. The Hall–Kier alpha value is -2.25. The van der Waals surface area contributed by atoms with Gasteiger partial charge in [-0.3, -0.25) is 9.78 Å². The molecule has 0 N–H and O–H groups in total. The third-order valence-electron chi connectivity index (χ3n) is 4.71. The molecule has 3 rings (SSSR count). The minimum Gasteiger partial charge on any atom is -0.336 e. The van der Waals surface area contributed by atoms with E-state index in [1.165, 1.54) is 4.31 Å². The number of amides is 1. The van der Waals surface area contributed by atoms with Crippen molar-refractivity contribution in [1.82, 2.24) is 14.2 Å². The fourth-order valence-corrected chi connectivity index (χ4v) is 4.63. The number of hydrogen-bond donors (Lipinski definition) is 0. The number of pyridine rings is 1. The highest BCUT2D eigenvalue weighted by atomic mass is 32.2. The number of carbonyl (C=O) groups is 1. The molecule has 0 aliphatic carbocycles. The van der Waals surface area contributed by atoms with Crippen molar-refractivity contribution >= 4 is 15.9 Å². The third-order valence-corrected chi connectivity index (χ3v) is 6.97. The molecule has 7 heteroatoms. The molecule has 2 heterocycles. The summed E-state index contributed by atoms with van der Waals surface area (Å²) in [6.45, 7) is 2.30. The average Bonchev–Trinajstić information content (AvgIpc) is 2.60. The maximum absolute atomic E-state index is 12.8. The lowest BCUT2D eigenvalue weighted by Crippen LogP contribution is -2.59. The second kappa shape index (κ2) is 6.93. The van der Waals surface area contributed by atoms with E-state index in [0.717, 1.165) is 5.56 Å². The van der Waals surface area contributed by atoms with Crippen molar-refractivity contribution in [2.24, 2.45) is 0 Å². The molecule has 0 bridgehead atoms. The topological polar surface area (TPSA) is 70.6 Å². The number of likely N-dealkylation sites (tertiary alicyclic amines) is 1. The number of benzene rings is 1. The molecule has 1 unspecified atom stereocenters. The summed E-state index contributed by atoms with van der Waals surface area (Å²) in [6, 6.07) is 12.2. The molecule has 1 aromatic carbocycles. The molecule has 0 radical (unpaired) electrons. The van der Waals surface area contributed by atoms with Crippen LogP contribution in [0.15, 0.2) is 54.9 Å². The van der Waals surface area contributed by atoms with E-state index < -0.39 is 15.3 Å². The van der Waals surface area contributed by atoms with Gasteiger partial charge in [0.25, 0.3) is 5.91 Å². The van der Waals surface area contributed by atoms with E-state index in [-0.39, 0.29) is 25.0 Å². The lowest BCUT2D eigenvalue weighted by Gasteiger charge is -2.41. The summed E-state index contributed by atoms with van der Waals surface area (Å²) in [5.74, 6) is -0.128. The molecular formula is C18H21N3O3S. The van der Waals surface area contributed by atoms with Gasteiger partial charge in [-0.05, 0) is 36.8 Å². The van der Waals surface area contributed by atoms with Gasteiger partial charge in [0.1, 0.15) is 5.25 Å². The van der Waals surface area contributed by atoms with Crippen molar-refractivity contribution in [2.45, 2.75) is 18.2 Å². The monoisotopic (exact) mass is 359 g/mol. The standard InChI is InChI=1S/C18H21N3O3S/c1-14(15-8-10-19-11-9-15)20(2)25(23,24)17-12-21(13-17)18(22)16-6-4-3-5-7-16/h3-11,14,17H,12-13H2,1-2H3. The Morgan fingerprint density at radius 2 is 1.76 bits per heavy atom. The summed E-state index contributed by atoms with van der Waals surface area (Å²) < 4.78 is 27.0. The maximum Gasteiger partial charge on any atom is 0.253 e.